The van der Waals surface area contributed by atoms with Gasteiger partial charge in [0.15, 0.2) is 0 Å². The maximum atomic E-state index is 11.9. The number of para-hydroxylation sites is 1. The molecule has 0 unspecified atom stereocenters. The minimum atomic E-state index is -0.449. The molecule has 0 aromatic heterocycles. The molecule has 0 bridgehead atoms. The number of hydrogen-bond acceptors (Lipinski definition) is 3. The highest BCUT2D eigenvalue weighted by Gasteiger charge is 2.37. The Morgan fingerprint density at radius 3 is 2.53 bits per heavy atom. The van der Waals surface area contributed by atoms with E-state index in [-0.39, 0.29) is 12.5 Å². The maximum absolute atomic E-state index is 11.9. The molecule has 1 aromatic carbocycles. The molecule has 1 aromatic rings. The molecular formula is C14H16N2O3. The van der Waals surface area contributed by atoms with Crippen molar-refractivity contribution in [3.8, 4) is 5.75 Å². The van der Waals surface area contributed by atoms with E-state index in [0.29, 0.717) is 24.9 Å². The third kappa shape index (κ3) is 2.70. The Hall–Kier alpha value is -2.04. The van der Waals surface area contributed by atoms with E-state index in [4.69, 9.17) is 4.74 Å². The molecule has 3 rings (SSSR count). The van der Waals surface area contributed by atoms with Crippen LogP contribution in [0.2, 0.25) is 0 Å². The fraction of sp³-hybridized carbons (Fsp3) is 0.429. The van der Waals surface area contributed by atoms with Crippen molar-refractivity contribution in [3.63, 3.8) is 0 Å². The molecular weight excluding hydrogens is 244 g/mol. The van der Waals surface area contributed by atoms with Gasteiger partial charge in [0.05, 0.1) is 0 Å². The normalized spacial score (nSPS) is 19.5. The van der Waals surface area contributed by atoms with Crippen LogP contribution in [0.4, 0.5) is 4.79 Å². The van der Waals surface area contributed by atoms with Crippen molar-refractivity contribution in [2.45, 2.75) is 18.9 Å². The summed E-state index contributed by atoms with van der Waals surface area (Å²) in [6, 6.07) is 9.33. The topological polar surface area (TPSA) is 49.9 Å². The number of hydrogen-bond donors (Lipinski definition) is 0. The fourth-order valence-electron chi connectivity index (χ4n) is 2.27. The van der Waals surface area contributed by atoms with E-state index in [1.165, 1.54) is 4.90 Å². The van der Waals surface area contributed by atoms with E-state index in [9.17, 15) is 9.59 Å². The Balaban J connectivity index is 1.58. The minimum absolute atomic E-state index is 0.0266. The molecule has 2 aliphatic rings. The molecule has 5 nitrogen and oxygen atoms in total. The average molecular weight is 260 g/mol. The molecule has 1 heterocycles. The predicted molar refractivity (Wildman–Crippen MR) is 68.8 cm³/mol. The van der Waals surface area contributed by atoms with Crippen LogP contribution in [0, 0.1) is 0 Å². The predicted octanol–water partition coefficient (Wildman–Crippen LogP) is 1.49. The standard InChI is InChI=1S/C14H16N2O3/c17-13-10-15(8-9-16(13)11-6-7-11)14(18)19-12-4-2-1-3-5-12/h1-5,11H,6-10H2. The zero-order chi connectivity index (χ0) is 13.2. The summed E-state index contributed by atoms with van der Waals surface area (Å²) >= 11 is 0. The Morgan fingerprint density at radius 1 is 1.16 bits per heavy atom. The zero-order valence-corrected chi connectivity index (χ0v) is 10.6. The van der Waals surface area contributed by atoms with Gasteiger partial charge in [-0.25, -0.2) is 4.79 Å². The number of rotatable bonds is 2. The Labute approximate surface area is 111 Å². The fourth-order valence-corrected chi connectivity index (χ4v) is 2.27. The van der Waals surface area contributed by atoms with E-state index in [2.05, 4.69) is 0 Å². The van der Waals surface area contributed by atoms with Gasteiger partial charge in [0.1, 0.15) is 12.3 Å². The van der Waals surface area contributed by atoms with Crippen molar-refractivity contribution in [3.05, 3.63) is 30.3 Å². The molecule has 100 valence electrons. The summed E-state index contributed by atoms with van der Waals surface area (Å²) in [7, 11) is 0. The van der Waals surface area contributed by atoms with Crippen molar-refractivity contribution in [1.82, 2.24) is 9.80 Å². The van der Waals surface area contributed by atoms with E-state index in [0.717, 1.165) is 12.8 Å². The quantitative estimate of drug-likeness (QED) is 0.809. The van der Waals surface area contributed by atoms with E-state index < -0.39 is 6.09 Å². The smallest absolute Gasteiger partial charge is 0.410 e. The Kier molecular flexibility index (Phi) is 3.11. The first kappa shape index (κ1) is 12.0. The first-order valence-corrected chi connectivity index (χ1v) is 6.55. The van der Waals surface area contributed by atoms with Crippen LogP contribution in [0.15, 0.2) is 30.3 Å². The number of nitrogens with zero attached hydrogens (tertiary/aromatic N) is 2. The maximum Gasteiger partial charge on any atom is 0.415 e. The second-order valence-electron chi connectivity index (χ2n) is 4.92. The lowest BCUT2D eigenvalue weighted by Gasteiger charge is -2.33. The van der Waals surface area contributed by atoms with Gasteiger partial charge in [-0.1, -0.05) is 18.2 Å². The molecule has 1 saturated heterocycles. The van der Waals surface area contributed by atoms with Gasteiger partial charge in [-0.15, -0.1) is 0 Å². The number of carbonyl (C=O) groups is 2. The van der Waals surface area contributed by atoms with Gasteiger partial charge < -0.3 is 9.64 Å². The molecule has 0 spiro atoms. The third-order valence-electron chi connectivity index (χ3n) is 3.45. The molecule has 2 fully saturated rings. The molecule has 5 heteroatoms. The lowest BCUT2D eigenvalue weighted by Crippen LogP contribution is -2.53. The van der Waals surface area contributed by atoms with E-state index in [1.807, 2.05) is 11.0 Å². The van der Waals surface area contributed by atoms with Crippen molar-refractivity contribution in [2.24, 2.45) is 0 Å². The van der Waals surface area contributed by atoms with Crippen LogP contribution in [0.5, 0.6) is 5.75 Å². The number of amides is 2. The Morgan fingerprint density at radius 2 is 1.89 bits per heavy atom. The van der Waals surface area contributed by atoms with Crippen molar-refractivity contribution in [2.75, 3.05) is 19.6 Å². The van der Waals surface area contributed by atoms with Gasteiger partial charge in [-0.3, -0.25) is 9.69 Å². The highest BCUT2D eigenvalue weighted by atomic mass is 16.6. The average Bonchev–Trinajstić information content (AvgIpc) is 3.24. The zero-order valence-electron chi connectivity index (χ0n) is 10.6. The van der Waals surface area contributed by atoms with Crippen LogP contribution in [0.3, 0.4) is 0 Å². The van der Waals surface area contributed by atoms with E-state index in [1.54, 1.807) is 24.3 Å². The first-order valence-electron chi connectivity index (χ1n) is 6.55. The van der Waals surface area contributed by atoms with E-state index >= 15 is 0 Å². The summed E-state index contributed by atoms with van der Waals surface area (Å²) in [4.78, 5) is 27.2. The van der Waals surface area contributed by atoms with Gasteiger partial charge in [0.25, 0.3) is 0 Å². The van der Waals surface area contributed by atoms with Crippen LogP contribution in [0.1, 0.15) is 12.8 Å². The van der Waals surface area contributed by atoms with Crippen molar-refractivity contribution >= 4 is 12.0 Å². The highest BCUT2D eigenvalue weighted by molar-refractivity contribution is 5.84. The number of piperazine rings is 1. The van der Waals surface area contributed by atoms with Crippen LogP contribution < -0.4 is 4.74 Å². The van der Waals surface area contributed by atoms with Gasteiger partial charge >= 0.3 is 6.09 Å². The summed E-state index contributed by atoms with van der Waals surface area (Å²) in [6.07, 6.45) is 1.75. The molecule has 1 aliphatic heterocycles. The van der Waals surface area contributed by atoms with Gasteiger partial charge in [0, 0.05) is 19.1 Å². The molecule has 1 saturated carbocycles. The molecule has 19 heavy (non-hydrogen) atoms. The monoisotopic (exact) mass is 260 g/mol. The van der Waals surface area contributed by atoms with Crippen molar-refractivity contribution in [1.29, 1.82) is 0 Å². The van der Waals surface area contributed by atoms with Crippen LogP contribution in [-0.2, 0) is 4.79 Å². The van der Waals surface area contributed by atoms with Crippen molar-refractivity contribution < 1.29 is 14.3 Å². The van der Waals surface area contributed by atoms with Gasteiger partial charge in [0.2, 0.25) is 5.91 Å². The van der Waals surface area contributed by atoms with Crippen LogP contribution in [-0.4, -0.2) is 47.5 Å². The minimum Gasteiger partial charge on any atom is -0.410 e. The molecule has 0 N–H and O–H groups in total. The summed E-state index contributed by atoms with van der Waals surface area (Å²) in [5.74, 6) is 0.531. The second-order valence-corrected chi connectivity index (χ2v) is 4.92. The SMILES string of the molecule is O=C(Oc1ccccc1)N1CCN(C2CC2)C(=O)C1. The largest absolute Gasteiger partial charge is 0.415 e. The lowest BCUT2D eigenvalue weighted by atomic mass is 10.3. The number of benzene rings is 1. The summed E-state index contributed by atoms with van der Waals surface area (Å²) in [5, 5.41) is 0. The third-order valence-corrected chi connectivity index (χ3v) is 3.45. The summed E-state index contributed by atoms with van der Waals surface area (Å²) in [5.41, 5.74) is 0. The number of ether oxygens (including phenoxy) is 1. The highest BCUT2D eigenvalue weighted by Crippen LogP contribution is 2.28. The second kappa shape index (κ2) is 4.91. The molecule has 0 atom stereocenters. The molecule has 0 radical (unpaired) electrons. The first-order chi connectivity index (χ1) is 9.24. The summed E-state index contributed by atoms with van der Waals surface area (Å²) < 4.78 is 5.23. The van der Waals surface area contributed by atoms with Gasteiger partial charge in [-0.05, 0) is 25.0 Å². The Bertz CT molecular complexity index is 485. The lowest BCUT2D eigenvalue weighted by molar-refractivity contribution is -0.135. The van der Waals surface area contributed by atoms with Crippen LogP contribution >= 0.6 is 0 Å². The summed E-state index contributed by atoms with van der Waals surface area (Å²) in [6.45, 7) is 1.30. The van der Waals surface area contributed by atoms with Gasteiger partial charge in [-0.2, -0.15) is 0 Å². The van der Waals surface area contributed by atoms with Crippen LogP contribution in [0.25, 0.3) is 0 Å². The molecule has 2 amide bonds. The number of carbonyl (C=O) groups excluding carboxylic acids is 2. The molecule has 1 aliphatic carbocycles.